The lowest BCUT2D eigenvalue weighted by Crippen LogP contribution is -2.47. The zero-order valence-corrected chi connectivity index (χ0v) is 17.4. The van der Waals surface area contributed by atoms with E-state index >= 15 is 0 Å². The second-order valence-corrected chi connectivity index (χ2v) is 8.88. The summed E-state index contributed by atoms with van der Waals surface area (Å²) in [5, 5.41) is 8.59. The van der Waals surface area contributed by atoms with Crippen LogP contribution in [0.2, 0.25) is 5.02 Å². The highest BCUT2D eigenvalue weighted by molar-refractivity contribution is 7.92. The first-order chi connectivity index (χ1) is 14.4. The van der Waals surface area contributed by atoms with E-state index < -0.39 is 10.0 Å². The van der Waals surface area contributed by atoms with E-state index in [9.17, 15) is 12.8 Å². The summed E-state index contributed by atoms with van der Waals surface area (Å²) in [6, 6.07) is 15.8. The lowest BCUT2D eigenvalue weighted by molar-refractivity contribution is 0.595. The molecule has 30 heavy (non-hydrogen) atoms. The average molecular weight is 448 g/mol. The fraction of sp³-hybridized carbons (Fsp3) is 0.200. The van der Waals surface area contributed by atoms with Gasteiger partial charge in [0.15, 0.2) is 11.6 Å². The van der Waals surface area contributed by atoms with Crippen molar-refractivity contribution in [2.24, 2.45) is 0 Å². The molecular formula is C20H19ClFN5O2S. The summed E-state index contributed by atoms with van der Waals surface area (Å²) in [5.74, 6) is 0.527. The van der Waals surface area contributed by atoms with Gasteiger partial charge in [0.1, 0.15) is 5.82 Å². The van der Waals surface area contributed by atoms with Crippen LogP contribution < -0.4 is 14.5 Å². The van der Waals surface area contributed by atoms with Crippen molar-refractivity contribution in [3.05, 3.63) is 71.5 Å². The van der Waals surface area contributed by atoms with Crippen LogP contribution in [-0.2, 0) is 10.0 Å². The molecule has 0 radical (unpaired) electrons. The van der Waals surface area contributed by atoms with Crippen molar-refractivity contribution in [3.63, 3.8) is 0 Å². The van der Waals surface area contributed by atoms with Gasteiger partial charge in [-0.25, -0.2) is 12.8 Å². The molecule has 2 heterocycles. The van der Waals surface area contributed by atoms with Gasteiger partial charge in [0.25, 0.3) is 10.0 Å². The number of hydrogen-bond acceptors (Lipinski definition) is 6. The number of piperazine rings is 1. The van der Waals surface area contributed by atoms with Gasteiger partial charge in [-0.3, -0.25) is 4.72 Å². The largest absolute Gasteiger partial charge is 0.366 e. The van der Waals surface area contributed by atoms with Crippen molar-refractivity contribution in [1.82, 2.24) is 10.2 Å². The molecule has 0 saturated carbocycles. The summed E-state index contributed by atoms with van der Waals surface area (Å²) in [5.41, 5.74) is 0.593. The number of halogens is 2. The number of para-hydroxylation sites is 1. The van der Waals surface area contributed by atoms with Crippen molar-refractivity contribution in [1.29, 1.82) is 0 Å². The van der Waals surface area contributed by atoms with Gasteiger partial charge in [0.05, 0.1) is 10.6 Å². The molecule has 0 amide bonds. The minimum Gasteiger partial charge on any atom is -0.366 e. The number of nitrogens with one attached hydrogen (secondary N) is 1. The second-order valence-electron chi connectivity index (χ2n) is 6.76. The van der Waals surface area contributed by atoms with Crippen LogP contribution in [0.5, 0.6) is 0 Å². The maximum atomic E-state index is 14.0. The fourth-order valence-electron chi connectivity index (χ4n) is 3.24. The van der Waals surface area contributed by atoms with Crippen molar-refractivity contribution in [2.75, 3.05) is 40.7 Å². The molecule has 1 aromatic heterocycles. The molecule has 156 valence electrons. The van der Waals surface area contributed by atoms with E-state index in [0.29, 0.717) is 42.7 Å². The normalized spacial score (nSPS) is 14.6. The van der Waals surface area contributed by atoms with Gasteiger partial charge in [-0.2, -0.15) is 0 Å². The maximum absolute atomic E-state index is 14.0. The molecular weight excluding hydrogens is 429 g/mol. The number of anilines is 3. The Morgan fingerprint density at radius 2 is 1.53 bits per heavy atom. The first-order valence-corrected chi connectivity index (χ1v) is 11.1. The van der Waals surface area contributed by atoms with Crippen LogP contribution in [0.3, 0.4) is 0 Å². The van der Waals surface area contributed by atoms with Gasteiger partial charge >= 0.3 is 0 Å². The van der Waals surface area contributed by atoms with Crippen molar-refractivity contribution in [3.8, 4) is 0 Å². The molecule has 1 fully saturated rings. The zero-order chi connectivity index (χ0) is 21.1. The molecule has 7 nitrogen and oxygen atoms in total. The third-order valence-electron chi connectivity index (χ3n) is 4.81. The molecule has 1 saturated heterocycles. The first kappa shape index (κ1) is 20.4. The predicted octanol–water partition coefficient (Wildman–Crippen LogP) is 3.40. The first-order valence-electron chi connectivity index (χ1n) is 9.29. The highest BCUT2D eigenvalue weighted by Crippen LogP contribution is 2.22. The highest BCUT2D eigenvalue weighted by Gasteiger charge is 2.21. The Morgan fingerprint density at radius 1 is 0.867 bits per heavy atom. The molecule has 1 N–H and O–H groups in total. The lowest BCUT2D eigenvalue weighted by atomic mass is 10.2. The van der Waals surface area contributed by atoms with Crippen molar-refractivity contribution < 1.29 is 12.8 Å². The molecule has 0 unspecified atom stereocenters. The molecule has 0 bridgehead atoms. The monoisotopic (exact) mass is 447 g/mol. The van der Waals surface area contributed by atoms with Crippen LogP contribution in [0.4, 0.5) is 21.7 Å². The van der Waals surface area contributed by atoms with E-state index in [2.05, 4.69) is 14.9 Å². The number of rotatable bonds is 5. The Labute approximate surface area is 179 Å². The quantitative estimate of drug-likeness (QED) is 0.646. The van der Waals surface area contributed by atoms with Crippen LogP contribution in [0.25, 0.3) is 0 Å². The van der Waals surface area contributed by atoms with Gasteiger partial charge in [0.2, 0.25) is 0 Å². The molecule has 2 aromatic carbocycles. The summed E-state index contributed by atoms with van der Waals surface area (Å²) in [7, 11) is -3.78. The maximum Gasteiger partial charge on any atom is 0.263 e. The van der Waals surface area contributed by atoms with Gasteiger partial charge < -0.3 is 9.80 Å². The average Bonchev–Trinajstić information content (AvgIpc) is 2.75. The minimum atomic E-state index is -3.78. The fourth-order valence-corrected chi connectivity index (χ4v) is 4.37. The molecule has 0 spiro atoms. The van der Waals surface area contributed by atoms with E-state index in [4.69, 9.17) is 11.6 Å². The van der Waals surface area contributed by atoms with Crippen LogP contribution in [0, 0.1) is 5.82 Å². The SMILES string of the molecule is O=S(=O)(Nc1ccc(N2CCN(c3ccccc3F)CC2)nn1)c1ccc(Cl)cc1. The summed E-state index contributed by atoms with van der Waals surface area (Å²) >= 11 is 5.80. The van der Waals surface area contributed by atoms with E-state index in [0.717, 1.165) is 0 Å². The molecule has 10 heteroatoms. The van der Waals surface area contributed by atoms with E-state index in [1.165, 1.54) is 30.3 Å². The smallest absolute Gasteiger partial charge is 0.263 e. The van der Waals surface area contributed by atoms with Crippen molar-refractivity contribution >= 4 is 38.9 Å². The summed E-state index contributed by atoms with van der Waals surface area (Å²) < 4.78 is 41.2. The number of sulfonamides is 1. The topological polar surface area (TPSA) is 78.4 Å². The van der Waals surface area contributed by atoms with E-state index in [1.807, 2.05) is 15.9 Å². The second kappa shape index (κ2) is 8.45. The summed E-state index contributed by atoms with van der Waals surface area (Å²) in [6.45, 7) is 2.60. The number of hydrogen-bond donors (Lipinski definition) is 1. The summed E-state index contributed by atoms with van der Waals surface area (Å²) in [4.78, 5) is 4.11. The third-order valence-corrected chi connectivity index (χ3v) is 6.43. The molecule has 1 aliphatic heterocycles. The van der Waals surface area contributed by atoms with Crippen LogP contribution in [-0.4, -0.2) is 44.8 Å². The Kier molecular flexibility index (Phi) is 5.74. The zero-order valence-electron chi connectivity index (χ0n) is 15.9. The Hall–Kier alpha value is -2.91. The van der Waals surface area contributed by atoms with Gasteiger partial charge in [-0.05, 0) is 48.5 Å². The van der Waals surface area contributed by atoms with Gasteiger partial charge in [-0.15, -0.1) is 10.2 Å². The molecule has 4 rings (SSSR count). The number of aromatic nitrogens is 2. The van der Waals surface area contributed by atoms with Crippen molar-refractivity contribution in [2.45, 2.75) is 4.90 Å². The van der Waals surface area contributed by atoms with Gasteiger partial charge in [-0.1, -0.05) is 23.7 Å². The Balaban J connectivity index is 1.39. The number of benzene rings is 2. The van der Waals surface area contributed by atoms with Crippen LogP contribution in [0.15, 0.2) is 65.6 Å². The summed E-state index contributed by atoms with van der Waals surface area (Å²) in [6.07, 6.45) is 0. The minimum absolute atomic E-state index is 0.0852. The Bertz CT molecular complexity index is 1120. The van der Waals surface area contributed by atoms with E-state index in [-0.39, 0.29) is 16.5 Å². The standard InChI is InChI=1S/C20H19ClFN5O2S/c21-15-5-7-16(8-6-15)30(28,29)25-19-9-10-20(24-23-19)27-13-11-26(12-14-27)18-4-2-1-3-17(18)22/h1-10H,11-14H2,(H,23,25). The predicted molar refractivity (Wildman–Crippen MR) is 115 cm³/mol. The number of nitrogens with zero attached hydrogens (tertiary/aromatic N) is 4. The molecule has 1 aliphatic rings. The van der Waals surface area contributed by atoms with Crippen LogP contribution in [0.1, 0.15) is 0 Å². The molecule has 3 aromatic rings. The lowest BCUT2D eigenvalue weighted by Gasteiger charge is -2.36. The molecule has 0 atom stereocenters. The Morgan fingerprint density at radius 3 is 2.17 bits per heavy atom. The highest BCUT2D eigenvalue weighted by atomic mass is 35.5. The van der Waals surface area contributed by atoms with E-state index in [1.54, 1.807) is 24.3 Å². The van der Waals surface area contributed by atoms with Gasteiger partial charge in [0, 0.05) is 31.2 Å². The third kappa shape index (κ3) is 4.47. The van der Waals surface area contributed by atoms with Crippen LogP contribution >= 0.6 is 11.6 Å². The molecule has 0 aliphatic carbocycles.